The molecule has 36 heavy (non-hydrogen) atoms. The number of amides is 3. The minimum absolute atomic E-state index is 0.0656. The average Bonchev–Trinajstić information content (AvgIpc) is 3.19. The van der Waals surface area contributed by atoms with Gasteiger partial charge in [0.2, 0.25) is 17.7 Å². The third-order valence-electron chi connectivity index (χ3n) is 8.03. The number of benzene rings is 3. The van der Waals surface area contributed by atoms with Gasteiger partial charge in [0, 0.05) is 24.0 Å². The Morgan fingerprint density at radius 1 is 0.750 bits per heavy atom. The quantitative estimate of drug-likeness (QED) is 0.469. The number of allylic oxidation sites excluding steroid dienone is 2. The first-order valence-corrected chi connectivity index (χ1v) is 12.6. The number of nitrogens with zero attached hydrogens (tertiary/aromatic N) is 2. The van der Waals surface area contributed by atoms with E-state index in [0.29, 0.717) is 18.5 Å². The monoisotopic (exact) mass is 476 g/mol. The maximum atomic E-state index is 14.0. The summed E-state index contributed by atoms with van der Waals surface area (Å²) in [5.41, 5.74) is 3.52. The number of imide groups is 1. The summed E-state index contributed by atoms with van der Waals surface area (Å²) in [6.07, 6.45) is 3.05. The van der Waals surface area contributed by atoms with E-state index in [9.17, 15) is 14.4 Å². The Morgan fingerprint density at radius 3 is 2.00 bits per heavy atom. The van der Waals surface area contributed by atoms with Crippen LogP contribution in [0.3, 0.4) is 0 Å². The van der Waals surface area contributed by atoms with Crippen molar-refractivity contribution in [1.29, 1.82) is 0 Å². The van der Waals surface area contributed by atoms with Gasteiger partial charge in [-0.1, -0.05) is 84.9 Å². The van der Waals surface area contributed by atoms with Gasteiger partial charge in [0.25, 0.3) is 0 Å². The lowest BCUT2D eigenvalue weighted by molar-refractivity contribution is -0.136. The Bertz CT molecular complexity index is 1340. The van der Waals surface area contributed by atoms with Crippen LogP contribution in [0.15, 0.2) is 103 Å². The van der Waals surface area contributed by atoms with Crippen LogP contribution in [-0.4, -0.2) is 22.6 Å². The highest BCUT2D eigenvalue weighted by Gasteiger charge is 2.58. The fourth-order valence-electron chi connectivity index (χ4n) is 6.37. The van der Waals surface area contributed by atoms with Crippen molar-refractivity contribution in [2.24, 2.45) is 17.8 Å². The molecule has 3 aromatic rings. The molecular formula is C31H28N2O3. The molecule has 5 atom stereocenters. The average molecular weight is 477 g/mol. The zero-order valence-electron chi connectivity index (χ0n) is 20.2. The van der Waals surface area contributed by atoms with Crippen LogP contribution in [0.1, 0.15) is 42.9 Å². The summed E-state index contributed by atoms with van der Waals surface area (Å²) in [6, 6.07) is 28.9. The van der Waals surface area contributed by atoms with Gasteiger partial charge in [0.15, 0.2) is 0 Å². The van der Waals surface area contributed by atoms with Crippen molar-refractivity contribution >= 4 is 23.4 Å². The Balaban J connectivity index is 1.49. The summed E-state index contributed by atoms with van der Waals surface area (Å²) < 4.78 is 0. The molecule has 0 radical (unpaired) electrons. The number of carbonyl (C=O) groups excluding carboxylic acids is 3. The number of carbonyl (C=O) groups is 3. The lowest BCUT2D eigenvalue weighted by atomic mass is 9.65. The van der Waals surface area contributed by atoms with E-state index < -0.39 is 11.8 Å². The van der Waals surface area contributed by atoms with Crippen LogP contribution in [0.4, 0.5) is 5.69 Å². The molecule has 5 unspecified atom stereocenters. The van der Waals surface area contributed by atoms with E-state index in [2.05, 4.69) is 6.08 Å². The Kier molecular flexibility index (Phi) is 5.56. The molecule has 5 heteroatoms. The molecule has 6 rings (SSSR count). The van der Waals surface area contributed by atoms with Crippen molar-refractivity contribution in [2.75, 3.05) is 4.90 Å². The van der Waals surface area contributed by atoms with E-state index in [1.165, 1.54) is 4.90 Å². The molecule has 0 spiro atoms. The third kappa shape index (κ3) is 3.49. The number of anilines is 1. The molecule has 2 heterocycles. The maximum absolute atomic E-state index is 14.0. The summed E-state index contributed by atoms with van der Waals surface area (Å²) >= 11 is 0. The first-order chi connectivity index (χ1) is 17.6. The van der Waals surface area contributed by atoms with Crippen molar-refractivity contribution in [3.8, 4) is 0 Å². The fraction of sp³-hybridized carbons (Fsp3) is 0.258. The van der Waals surface area contributed by atoms with Crippen LogP contribution in [0.25, 0.3) is 0 Å². The normalized spacial score (nSPS) is 26.4. The first kappa shape index (κ1) is 22.5. The van der Waals surface area contributed by atoms with Gasteiger partial charge in [0.1, 0.15) is 0 Å². The maximum Gasteiger partial charge on any atom is 0.238 e. The van der Waals surface area contributed by atoms with Crippen LogP contribution < -0.4 is 4.90 Å². The van der Waals surface area contributed by atoms with Crippen LogP contribution in [-0.2, 0) is 14.4 Å². The van der Waals surface area contributed by atoms with Gasteiger partial charge in [-0.2, -0.15) is 0 Å². The van der Waals surface area contributed by atoms with E-state index in [4.69, 9.17) is 0 Å². The Labute approximate surface area is 211 Å². The Morgan fingerprint density at radius 2 is 1.33 bits per heavy atom. The van der Waals surface area contributed by atoms with Gasteiger partial charge < -0.3 is 4.90 Å². The predicted molar refractivity (Wildman–Crippen MR) is 138 cm³/mol. The molecule has 1 aliphatic carbocycles. The molecule has 0 bridgehead atoms. The molecule has 0 aromatic heterocycles. The molecular weight excluding hydrogens is 448 g/mol. The smallest absolute Gasteiger partial charge is 0.238 e. The van der Waals surface area contributed by atoms with Gasteiger partial charge in [-0.05, 0) is 36.6 Å². The van der Waals surface area contributed by atoms with Crippen LogP contribution >= 0.6 is 0 Å². The lowest BCUT2D eigenvalue weighted by Gasteiger charge is -2.46. The van der Waals surface area contributed by atoms with Crippen molar-refractivity contribution in [3.05, 3.63) is 114 Å². The number of rotatable bonds is 4. The number of piperidine rings is 1. The van der Waals surface area contributed by atoms with Crippen molar-refractivity contribution < 1.29 is 14.4 Å². The predicted octanol–water partition coefficient (Wildman–Crippen LogP) is 5.47. The minimum Gasteiger partial charge on any atom is -0.309 e. The van der Waals surface area contributed by atoms with Crippen molar-refractivity contribution in [2.45, 2.75) is 31.7 Å². The highest BCUT2D eigenvalue weighted by atomic mass is 16.2. The molecule has 5 nitrogen and oxygen atoms in total. The molecule has 0 saturated carbocycles. The molecule has 180 valence electrons. The largest absolute Gasteiger partial charge is 0.309 e. The highest BCUT2D eigenvalue weighted by Crippen LogP contribution is 2.53. The second-order valence-corrected chi connectivity index (χ2v) is 9.92. The molecule has 3 aliphatic rings. The number of hydrogen-bond acceptors (Lipinski definition) is 3. The van der Waals surface area contributed by atoms with Gasteiger partial charge in [-0.15, -0.1) is 0 Å². The highest BCUT2D eigenvalue weighted by molar-refractivity contribution is 6.22. The van der Waals surface area contributed by atoms with E-state index >= 15 is 0 Å². The number of fused-ring (bicyclic) bond motifs is 3. The van der Waals surface area contributed by atoms with Gasteiger partial charge in [-0.3, -0.25) is 19.3 Å². The molecule has 2 aliphatic heterocycles. The van der Waals surface area contributed by atoms with E-state index in [1.807, 2.05) is 103 Å². The topological polar surface area (TPSA) is 57.7 Å². The fourth-order valence-corrected chi connectivity index (χ4v) is 6.37. The summed E-state index contributed by atoms with van der Waals surface area (Å²) in [4.78, 5) is 44.5. The summed E-state index contributed by atoms with van der Waals surface area (Å²) in [6.45, 7) is 2.04. The first-order valence-electron chi connectivity index (χ1n) is 12.6. The van der Waals surface area contributed by atoms with E-state index in [0.717, 1.165) is 16.8 Å². The van der Waals surface area contributed by atoms with Crippen molar-refractivity contribution in [1.82, 2.24) is 4.90 Å². The van der Waals surface area contributed by atoms with Crippen LogP contribution in [0.5, 0.6) is 0 Å². The van der Waals surface area contributed by atoms with Gasteiger partial charge >= 0.3 is 0 Å². The summed E-state index contributed by atoms with van der Waals surface area (Å²) in [7, 11) is 0. The van der Waals surface area contributed by atoms with Crippen LogP contribution in [0, 0.1) is 17.8 Å². The lowest BCUT2D eigenvalue weighted by Crippen LogP contribution is -2.47. The van der Waals surface area contributed by atoms with E-state index in [1.54, 1.807) is 0 Å². The number of likely N-dealkylation sites (tertiary alicyclic amines) is 1. The molecule has 3 amide bonds. The van der Waals surface area contributed by atoms with Gasteiger partial charge in [-0.25, -0.2) is 0 Å². The molecule has 3 aromatic carbocycles. The summed E-state index contributed by atoms with van der Waals surface area (Å²) in [5.74, 6) is -1.70. The zero-order chi connectivity index (χ0) is 24.8. The number of hydrogen-bond donors (Lipinski definition) is 0. The Hall–Kier alpha value is -3.99. The van der Waals surface area contributed by atoms with Crippen molar-refractivity contribution in [3.63, 3.8) is 0 Å². The zero-order valence-corrected chi connectivity index (χ0v) is 20.2. The molecule has 2 saturated heterocycles. The SMILES string of the molecule is CC(c1ccccc1)N1C(=O)CCC2C1=CC(c1ccccc1)C1C(=O)N(c3ccccc3)C(=O)C21. The molecule has 2 fully saturated rings. The second-order valence-electron chi connectivity index (χ2n) is 9.92. The standard InChI is InChI=1S/C31H28N2O3/c1-20(21-11-5-2-6-12-21)32-26-19-25(22-13-7-3-8-14-22)29-28(24(26)17-18-27(32)34)30(35)33(31(29)36)23-15-9-4-10-16-23/h2-16,19-20,24-25,28-29H,17-18H2,1H3. The van der Waals surface area contributed by atoms with E-state index in [-0.39, 0.29) is 35.6 Å². The molecule has 0 N–H and O–H groups in total. The summed E-state index contributed by atoms with van der Waals surface area (Å²) in [5, 5.41) is 0. The second kappa shape index (κ2) is 8.90. The number of para-hydroxylation sites is 1. The third-order valence-corrected chi connectivity index (χ3v) is 8.03. The minimum atomic E-state index is -0.499. The van der Waals surface area contributed by atoms with Crippen LogP contribution in [0.2, 0.25) is 0 Å². The van der Waals surface area contributed by atoms with Gasteiger partial charge in [0.05, 0.1) is 23.6 Å².